The molecule has 4 aromatic rings. The van der Waals surface area contributed by atoms with Crippen molar-refractivity contribution >= 4 is 38.3 Å². The van der Waals surface area contributed by atoms with Gasteiger partial charge in [-0.1, -0.05) is 37.3 Å². The van der Waals surface area contributed by atoms with E-state index in [1.807, 2.05) is 51.3 Å². The highest BCUT2D eigenvalue weighted by atomic mass is 32.1. The zero-order valence-electron chi connectivity index (χ0n) is 17.6. The van der Waals surface area contributed by atoms with Crippen molar-refractivity contribution in [2.75, 3.05) is 0 Å². The predicted octanol–water partition coefficient (Wildman–Crippen LogP) is 6.25. The maximum Gasteiger partial charge on any atom is 0.306 e. The van der Waals surface area contributed by atoms with E-state index >= 15 is 0 Å². The molecule has 0 saturated heterocycles. The van der Waals surface area contributed by atoms with Crippen LogP contribution in [0.3, 0.4) is 0 Å². The van der Waals surface area contributed by atoms with Gasteiger partial charge in [0.2, 0.25) is 0 Å². The van der Waals surface area contributed by atoms with Gasteiger partial charge < -0.3 is 9.72 Å². The van der Waals surface area contributed by atoms with Gasteiger partial charge in [-0.25, -0.2) is 0 Å². The number of hydrogen-bond donors (Lipinski definition) is 1. The zero-order chi connectivity index (χ0) is 21.5. The number of benzene rings is 2. The molecule has 0 aliphatic rings. The van der Waals surface area contributed by atoms with Crippen molar-refractivity contribution in [2.45, 2.75) is 45.6 Å². The number of carbonyl (C=O) groups excluding carboxylic acids is 1. The van der Waals surface area contributed by atoms with Crippen LogP contribution in [0.1, 0.15) is 45.6 Å². The Morgan fingerprint density at radius 2 is 1.73 bits per heavy atom. The molecule has 2 aromatic heterocycles. The molecule has 4 rings (SSSR count). The molecule has 1 N–H and O–H groups in total. The molecule has 154 valence electrons. The van der Waals surface area contributed by atoms with Crippen LogP contribution in [-0.2, 0) is 9.53 Å². The van der Waals surface area contributed by atoms with E-state index < -0.39 is 5.60 Å². The summed E-state index contributed by atoms with van der Waals surface area (Å²) in [6, 6.07) is 16.4. The molecule has 30 heavy (non-hydrogen) atoms. The molecule has 0 spiro atoms. The quantitative estimate of drug-likeness (QED) is 0.398. The van der Waals surface area contributed by atoms with Crippen LogP contribution in [0.4, 0.5) is 0 Å². The molecule has 4 nitrogen and oxygen atoms in total. The molecular weight excluding hydrogens is 394 g/mol. The Morgan fingerprint density at radius 1 is 1.03 bits per heavy atom. The number of aromatic nitrogens is 1. The topological polar surface area (TPSA) is 59.2 Å². The van der Waals surface area contributed by atoms with E-state index in [1.54, 1.807) is 0 Å². The Morgan fingerprint density at radius 3 is 2.43 bits per heavy atom. The smallest absolute Gasteiger partial charge is 0.306 e. The largest absolute Gasteiger partial charge is 0.460 e. The number of H-pyrrole nitrogens is 1. The molecule has 0 aliphatic carbocycles. The van der Waals surface area contributed by atoms with Crippen LogP contribution in [-0.4, -0.2) is 16.6 Å². The number of aromatic amines is 1. The van der Waals surface area contributed by atoms with Crippen molar-refractivity contribution in [3.8, 4) is 11.1 Å². The number of carbonyl (C=O) groups is 1. The monoisotopic (exact) mass is 419 g/mol. The number of esters is 1. The fraction of sp³-hybridized carbons (Fsp3) is 0.280. The van der Waals surface area contributed by atoms with Gasteiger partial charge in [-0.15, -0.1) is 11.3 Å². The van der Waals surface area contributed by atoms with Gasteiger partial charge in [0, 0.05) is 16.3 Å². The first-order valence-electron chi connectivity index (χ1n) is 10.1. The minimum atomic E-state index is -0.463. The third kappa shape index (κ3) is 4.17. The van der Waals surface area contributed by atoms with Gasteiger partial charge in [0.15, 0.2) is 0 Å². The molecule has 0 radical (unpaired) electrons. The number of fused-ring (bicyclic) bond motifs is 3. The summed E-state index contributed by atoms with van der Waals surface area (Å²) in [5, 5.41) is 3.99. The highest BCUT2D eigenvalue weighted by Crippen LogP contribution is 2.30. The molecule has 0 fully saturated rings. The van der Waals surface area contributed by atoms with Gasteiger partial charge in [-0.3, -0.25) is 9.59 Å². The van der Waals surface area contributed by atoms with Crippen molar-refractivity contribution in [3.05, 3.63) is 69.8 Å². The van der Waals surface area contributed by atoms with E-state index in [4.69, 9.17) is 4.74 Å². The summed E-state index contributed by atoms with van der Waals surface area (Å²) in [4.78, 5) is 27.3. The van der Waals surface area contributed by atoms with E-state index in [0.717, 1.165) is 37.7 Å². The number of rotatable bonds is 4. The lowest BCUT2D eigenvalue weighted by Crippen LogP contribution is -2.24. The molecule has 0 unspecified atom stereocenters. The fourth-order valence-electron chi connectivity index (χ4n) is 3.69. The zero-order valence-corrected chi connectivity index (χ0v) is 18.4. The van der Waals surface area contributed by atoms with Gasteiger partial charge in [-0.2, -0.15) is 0 Å². The van der Waals surface area contributed by atoms with E-state index in [-0.39, 0.29) is 17.4 Å². The normalized spacial score (nSPS) is 12.9. The summed E-state index contributed by atoms with van der Waals surface area (Å²) in [5.74, 6) is -0.0941. The van der Waals surface area contributed by atoms with E-state index in [2.05, 4.69) is 35.3 Å². The van der Waals surface area contributed by atoms with Gasteiger partial charge >= 0.3 is 5.97 Å². The molecule has 1 atom stereocenters. The minimum absolute atomic E-state index is 0.0384. The molecule has 0 aliphatic heterocycles. The second-order valence-electron chi connectivity index (χ2n) is 8.69. The SMILES string of the molecule is C[C@@H](CC(=O)OC(C)(C)C)c1ccc(-c2ccc3[nH]c(=O)c4sccc4c3c2)cc1. The second-order valence-corrected chi connectivity index (χ2v) is 9.61. The Hall–Kier alpha value is -2.92. The molecule has 2 heterocycles. The molecule has 0 amide bonds. The number of pyridine rings is 1. The van der Waals surface area contributed by atoms with Crippen molar-refractivity contribution in [3.63, 3.8) is 0 Å². The van der Waals surface area contributed by atoms with Crippen molar-refractivity contribution < 1.29 is 9.53 Å². The van der Waals surface area contributed by atoms with Gasteiger partial charge in [-0.05, 0) is 67.0 Å². The summed E-state index contributed by atoms with van der Waals surface area (Å²) in [6.07, 6.45) is 0.357. The third-order valence-electron chi connectivity index (χ3n) is 5.14. The third-order valence-corrected chi connectivity index (χ3v) is 6.05. The average molecular weight is 420 g/mol. The van der Waals surface area contributed by atoms with E-state index in [1.165, 1.54) is 11.3 Å². The highest BCUT2D eigenvalue weighted by Gasteiger charge is 2.19. The minimum Gasteiger partial charge on any atom is -0.460 e. The summed E-state index contributed by atoms with van der Waals surface area (Å²) in [7, 11) is 0. The summed E-state index contributed by atoms with van der Waals surface area (Å²) in [5.41, 5.74) is 3.64. The van der Waals surface area contributed by atoms with Gasteiger partial charge in [0.1, 0.15) is 10.3 Å². The van der Waals surface area contributed by atoms with Crippen LogP contribution in [0.5, 0.6) is 0 Å². The standard InChI is InChI=1S/C25H25NO3S/c1-15(13-22(27)29-25(2,3)4)16-5-7-17(8-6-16)18-9-10-21-20(14-18)19-11-12-30-23(19)24(28)26-21/h5-12,14-15H,13H2,1-4H3,(H,26,28)/t15-/m0/s1. The molecule has 2 aromatic carbocycles. The maximum absolute atomic E-state index is 12.2. The van der Waals surface area contributed by atoms with Crippen LogP contribution in [0.15, 0.2) is 58.7 Å². The van der Waals surface area contributed by atoms with Crippen LogP contribution in [0.2, 0.25) is 0 Å². The maximum atomic E-state index is 12.2. The van der Waals surface area contributed by atoms with Crippen molar-refractivity contribution in [1.82, 2.24) is 4.98 Å². The first-order chi connectivity index (χ1) is 14.2. The lowest BCUT2D eigenvalue weighted by molar-refractivity contribution is -0.155. The van der Waals surface area contributed by atoms with Crippen LogP contribution in [0.25, 0.3) is 32.1 Å². The van der Waals surface area contributed by atoms with Crippen molar-refractivity contribution in [2.24, 2.45) is 0 Å². The van der Waals surface area contributed by atoms with Gasteiger partial charge in [0.05, 0.1) is 6.42 Å². The second kappa shape index (κ2) is 7.73. The molecule has 0 bridgehead atoms. The summed E-state index contributed by atoms with van der Waals surface area (Å²) >= 11 is 1.46. The molecular formula is C25H25NO3S. The lowest BCUT2D eigenvalue weighted by Gasteiger charge is -2.21. The van der Waals surface area contributed by atoms with Gasteiger partial charge in [0.25, 0.3) is 5.56 Å². The molecule has 0 saturated carbocycles. The number of ether oxygens (including phenoxy) is 1. The average Bonchev–Trinajstić information content (AvgIpc) is 3.17. The number of nitrogens with one attached hydrogen (secondary N) is 1. The van der Waals surface area contributed by atoms with Crippen LogP contribution < -0.4 is 5.56 Å². The summed E-state index contributed by atoms with van der Waals surface area (Å²) < 4.78 is 6.19. The molecule has 5 heteroatoms. The Balaban J connectivity index is 1.59. The lowest BCUT2D eigenvalue weighted by atomic mass is 9.94. The van der Waals surface area contributed by atoms with Crippen LogP contribution >= 0.6 is 11.3 Å². The van der Waals surface area contributed by atoms with Crippen LogP contribution in [0, 0.1) is 0 Å². The summed E-state index contributed by atoms with van der Waals surface area (Å²) in [6.45, 7) is 7.69. The fourth-order valence-corrected chi connectivity index (χ4v) is 4.49. The Labute approximate surface area is 179 Å². The Kier molecular flexibility index (Phi) is 5.24. The number of hydrogen-bond acceptors (Lipinski definition) is 4. The Bertz CT molecular complexity index is 1280. The number of thiophene rings is 1. The van der Waals surface area contributed by atoms with E-state index in [0.29, 0.717) is 6.42 Å². The first kappa shape index (κ1) is 20.4. The highest BCUT2D eigenvalue weighted by molar-refractivity contribution is 7.17. The first-order valence-corrected chi connectivity index (χ1v) is 10.9. The van der Waals surface area contributed by atoms with Crippen molar-refractivity contribution in [1.29, 1.82) is 0 Å². The predicted molar refractivity (Wildman–Crippen MR) is 124 cm³/mol. The van der Waals surface area contributed by atoms with E-state index in [9.17, 15) is 9.59 Å².